The number of carbonyl (C=O) groups is 2. The van der Waals surface area contributed by atoms with E-state index in [1.165, 1.54) is 12.2 Å². The van der Waals surface area contributed by atoms with Crippen molar-refractivity contribution < 1.29 is 14.7 Å². The summed E-state index contributed by atoms with van der Waals surface area (Å²) in [5.41, 5.74) is 5.07. The minimum atomic E-state index is -1.08. The summed E-state index contributed by atoms with van der Waals surface area (Å²) in [6.07, 6.45) is 3.57. The molecule has 1 atom stereocenters. The van der Waals surface area contributed by atoms with E-state index in [0.29, 0.717) is 13.0 Å². The molecule has 0 radical (unpaired) electrons. The minimum Gasteiger partial charge on any atom is -0.480 e. The first kappa shape index (κ1) is 14.9. The predicted octanol–water partition coefficient (Wildman–Crippen LogP) is -0.605. The number of amides is 1. The summed E-state index contributed by atoms with van der Waals surface area (Å²) in [7, 11) is 0. The maximum absolute atomic E-state index is 11.2. The van der Waals surface area contributed by atoms with Gasteiger partial charge in [-0.05, 0) is 25.8 Å². The van der Waals surface area contributed by atoms with Crippen LogP contribution in [0.5, 0.6) is 0 Å². The normalized spacial score (nSPS) is 12.1. The third-order valence-corrected chi connectivity index (χ3v) is 1.92. The highest BCUT2D eigenvalue weighted by Gasteiger charge is 2.17. The minimum absolute atomic E-state index is 0.158. The van der Waals surface area contributed by atoms with E-state index in [-0.39, 0.29) is 12.4 Å². The number of guanidine groups is 1. The molecule has 0 aromatic heterocycles. The van der Waals surface area contributed by atoms with Crippen molar-refractivity contribution in [3.8, 4) is 0 Å². The summed E-state index contributed by atoms with van der Waals surface area (Å²) in [5.74, 6) is -1.67. The molecule has 0 bridgehead atoms. The highest BCUT2D eigenvalue weighted by molar-refractivity contribution is 5.90. The maximum atomic E-state index is 11.2. The van der Waals surface area contributed by atoms with Crippen LogP contribution < -0.4 is 16.4 Å². The Hall–Kier alpha value is -2.05. The molecule has 0 aliphatic heterocycles. The molecule has 96 valence electrons. The van der Waals surface area contributed by atoms with E-state index >= 15 is 0 Å². The molecule has 0 fully saturated rings. The molecule has 0 aromatic carbocycles. The van der Waals surface area contributed by atoms with Crippen LogP contribution >= 0.6 is 0 Å². The number of carboxylic acids is 1. The Bertz CT molecular complexity index is 315. The van der Waals surface area contributed by atoms with Gasteiger partial charge in [-0.1, -0.05) is 6.08 Å². The Morgan fingerprint density at radius 1 is 1.53 bits per heavy atom. The van der Waals surface area contributed by atoms with E-state index in [9.17, 15) is 9.59 Å². The topological polar surface area (TPSA) is 128 Å². The zero-order chi connectivity index (χ0) is 13.3. The number of hydrogen-bond donors (Lipinski definition) is 5. The smallest absolute Gasteiger partial charge is 0.326 e. The van der Waals surface area contributed by atoms with Gasteiger partial charge in [-0.2, -0.15) is 0 Å². The fourth-order valence-corrected chi connectivity index (χ4v) is 1.16. The molecule has 0 aromatic rings. The van der Waals surface area contributed by atoms with Crippen molar-refractivity contribution in [2.75, 3.05) is 6.54 Å². The standard InChI is InChI=1S/C10H18N4O3/c1-2-4-8(15)14-7(9(16)17)5-3-6-13-10(11)12/h2,4,7H,3,5-6H2,1H3,(H,14,15)(H,16,17)(H4,11,12,13)/t7-/m0/s1. The average molecular weight is 242 g/mol. The number of allylic oxidation sites excluding steroid dienone is 1. The largest absolute Gasteiger partial charge is 0.480 e. The summed E-state index contributed by atoms with van der Waals surface area (Å²) in [5, 5.41) is 20.7. The van der Waals surface area contributed by atoms with E-state index in [4.69, 9.17) is 16.2 Å². The zero-order valence-electron chi connectivity index (χ0n) is 9.69. The predicted molar refractivity (Wildman–Crippen MR) is 63.5 cm³/mol. The van der Waals surface area contributed by atoms with Crippen molar-refractivity contribution in [2.24, 2.45) is 5.73 Å². The van der Waals surface area contributed by atoms with Crippen LogP contribution in [-0.2, 0) is 9.59 Å². The van der Waals surface area contributed by atoms with Gasteiger partial charge in [-0.3, -0.25) is 10.2 Å². The molecule has 7 heteroatoms. The summed E-state index contributed by atoms with van der Waals surface area (Å²) in [4.78, 5) is 22.0. The lowest BCUT2D eigenvalue weighted by molar-refractivity contribution is -0.141. The average Bonchev–Trinajstić information content (AvgIpc) is 2.22. The van der Waals surface area contributed by atoms with Crippen molar-refractivity contribution in [3.63, 3.8) is 0 Å². The third-order valence-electron chi connectivity index (χ3n) is 1.92. The molecule has 0 rings (SSSR count). The Labute approximate surface area is 99.6 Å². The van der Waals surface area contributed by atoms with Crippen LogP contribution in [0.2, 0.25) is 0 Å². The first-order valence-corrected chi connectivity index (χ1v) is 5.21. The van der Waals surface area contributed by atoms with Crippen molar-refractivity contribution in [3.05, 3.63) is 12.2 Å². The molecule has 0 heterocycles. The van der Waals surface area contributed by atoms with Gasteiger partial charge >= 0.3 is 5.97 Å². The van der Waals surface area contributed by atoms with Crippen LogP contribution in [0, 0.1) is 5.41 Å². The number of nitrogens with one attached hydrogen (secondary N) is 3. The van der Waals surface area contributed by atoms with Crippen LogP contribution in [0.4, 0.5) is 0 Å². The van der Waals surface area contributed by atoms with Crippen LogP contribution in [0.25, 0.3) is 0 Å². The van der Waals surface area contributed by atoms with Gasteiger partial charge < -0.3 is 21.5 Å². The van der Waals surface area contributed by atoms with Gasteiger partial charge in [-0.15, -0.1) is 0 Å². The Balaban J connectivity index is 4.03. The summed E-state index contributed by atoms with van der Waals surface area (Å²) < 4.78 is 0. The van der Waals surface area contributed by atoms with Crippen LogP contribution in [-0.4, -0.2) is 35.5 Å². The van der Waals surface area contributed by atoms with E-state index in [2.05, 4.69) is 10.6 Å². The second-order valence-electron chi connectivity index (χ2n) is 3.38. The number of nitrogens with two attached hydrogens (primary N) is 1. The number of carbonyl (C=O) groups excluding carboxylic acids is 1. The van der Waals surface area contributed by atoms with Gasteiger partial charge in [0.15, 0.2) is 5.96 Å². The number of carboxylic acid groups (broad SMARTS) is 1. The SMILES string of the molecule is CC=CC(=O)N[C@@H](CCCNC(=N)N)C(=O)O. The number of rotatable bonds is 7. The summed E-state index contributed by atoms with van der Waals surface area (Å²) in [6, 6.07) is -0.924. The zero-order valence-corrected chi connectivity index (χ0v) is 9.69. The third kappa shape index (κ3) is 7.83. The van der Waals surface area contributed by atoms with Gasteiger partial charge in [0.1, 0.15) is 6.04 Å². The van der Waals surface area contributed by atoms with E-state index < -0.39 is 17.9 Å². The highest BCUT2D eigenvalue weighted by Crippen LogP contribution is 1.97. The molecule has 0 unspecified atom stereocenters. The number of aliphatic carboxylic acids is 1. The van der Waals surface area contributed by atoms with Gasteiger partial charge in [0.2, 0.25) is 5.91 Å². The van der Waals surface area contributed by atoms with Crippen molar-refractivity contribution >= 4 is 17.8 Å². The first-order valence-electron chi connectivity index (χ1n) is 5.21. The molecular weight excluding hydrogens is 224 g/mol. The van der Waals surface area contributed by atoms with Crippen LogP contribution in [0.15, 0.2) is 12.2 Å². The summed E-state index contributed by atoms with van der Waals surface area (Å²) >= 11 is 0. The quantitative estimate of drug-likeness (QED) is 0.176. The van der Waals surface area contributed by atoms with Crippen LogP contribution in [0.1, 0.15) is 19.8 Å². The molecule has 1 amide bonds. The summed E-state index contributed by atoms with van der Waals surface area (Å²) in [6.45, 7) is 2.07. The van der Waals surface area contributed by atoms with E-state index in [1.54, 1.807) is 6.92 Å². The van der Waals surface area contributed by atoms with Gasteiger partial charge in [0.05, 0.1) is 0 Å². The monoisotopic (exact) mass is 242 g/mol. The molecule has 0 saturated heterocycles. The fraction of sp³-hybridized carbons (Fsp3) is 0.500. The molecule has 6 N–H and O–H groups in total. The van der Waals surface area contributed by atoms with Crippen LogP contribution in [0.3, 0.4) is 0 Å². The molecule has 0 aliphatic carbocycles. The van der Waals surface area contributed by atoms with E-state index in [0.717, 1.165) is 0 Å². The fourth-order valence-electron chi connectivity index (χ4n) is 1.16. The number of hydrogen-bond acceptors (Lipinski definition) is 3. The van der Waals surface area contributed by atoms with Crippen molar-refractivity contribution in [1.29, 1.82) is 5.41 Å². The molecule has 0 aliphatic rings. The molecule has 7 nitrogen and oxygen atoms in total. The van der Waals surface area contributed by atoms with Gasteiger partial charge in [-0.25, -0.2) is 4.79 Å². The lowest BCUT2D eigenvalue weighted by atomic mass is 10.1. The Kier molecular flexibility index (Phi) is 7.16. The Morgan fingerprint density at radius 2 is 2.18 bits per heavy atom. The van der Waals surface area contributed by atoms with Gasteiger partial charge in [0, 0.05) is 6.54 Å². The lowest BCUT2D eigenvalue weighted by Crippen LogP contribution is -2.40. The first-order chi connectivity index (χ1) is 7.97. The Morgan fingerprint density at radius 3 is 2.65 bits per heavy atom. The second kappa shape index (κ2) is 8.14. The highest BCUT2D eigenvalue weighted by atomic mass is 16.4. The second-order valence-corrected chi connectivity index (χ2v) is 3.38. The molecular formula is C10H18N4O3. The van der Waals surface area contributed by atoms with E-state index in [1.807, 2.05) is 0 Å². The maximum Gasteiger partial charge on any atom is 0.326 e. The van der Waals surface area contributed by atoms with Gasteiger partial charge in [0.25, 0.3) is 0 Å². The molecule has 0 saturated carbocycles. The molecule has 17 heavy (non-hydrogen) atoms. The lowest BCUT2D eigenvalue weighted by Gasteiger charge is -2.13. The molecule has 0 spiro atoms. The van der Waals surface area contributed by atoms with Crippen molar-refractivity contribution in [2.45, 2.75) is 25.8 Å². The van der Waals surface area contributed by atoms with Crippen molar-refractivity contribution in [1.82, 2.24) is 10.6 Å².